The van der Waals surface area contributed by atoms with Crippen molar-refractivity contribution in [3.8, 4) is 0 Å². The van der Waals surface area contributed by atoms with Crippen LogP contribution in [0.1, 0.15) is 142 Å². The van der Waals surface area contributed by atoms with E-state index >= 15 is 0 Å². The highest BCUT2D eigenvalue weighted by molar-refractivity contribution is 5.70. The number of hydrogen-bond donors (Lipinski definition) is 4. The molecule has 1 aliphatic rings. The predicted molar refractivity (Wildman–Crippen MR) is 164 cm³/mol. The molecule has 0 bridgehead atoms. The van der Waals surface area contributed by atoms with Gasteiger partial charge in [0.25, 0.3) is 0 Å². The maximum Gasteiger partial charge on any atom is 0.306 e. The largest absolute Gasteiger partial charge is 0.462 e. The van der Waals surface area contributed by atoms with Gasteiger partial charge in [-0.05, 0) is 12.8 Å². The molecule has 0 saturated carbocycles. The Morgan fingerprint density at radius 2 is 1.09 bits per heavy atom. The van der Waals surface area contributed by atoms with Crippen LogP contribution in [0.2, 0.25) is 0 Å². The fourth-order valence-electron chi connectivity index (χ4n) is 5.19. The molecule has 1 fully saturated rings. The van der Waals surface area contributed by atoms with E-state index in [0.717, 1.165) is 38.5 Å². The van der Waals surface area contributed by atoms with Crippen molar-refractivity contribution < 1.29 is 49.0 Å². The fourth-order valence-corrected chi connectivity index (χ4v) is 5.19. The summed E-state index contributed by atoms with van der Waals surface area (Å²) < 4.78 is 21.9. The van der Waals surface area contributed by atoms with Crippen LogP contribution in [0.15, 0.2) is 0 Å². The second-order valence-electron chi connectivity index (χ2n) is 12.0. The van der Waals surface area contributed by atoms with E-state index in [0.29, 0.717) is 6.42 Å². The Kier molecular flexibility index (Phi) is 24.0. The van der Waals surface area contributed by atoms with Crippen molar-refractivity contribution in [2.24, 2.45) is 0 Å². The molecule has 0 radical (unpaired) electrons. The SMILES string of the molecule is CCCCCCCCCCCCCC(=O)OC[C@H](CO[C@@H]1O[C@H](CO)[C@H](O)[C@H](O)[C@H]1O)OC(=O)CCCCCCCCC. The van der Waals surface area contributed by atoms with Crippen molar-refractivity contribution >= 4 is 11.9 Å². The summed E-state index contributed by atoms with van der Waals surface area (Å²) in [6.45, 7) is 3.33. The molecular formula is C33H62O10. The molecule has 0 spiro atoms. The van der Waals surface area contributed by atoms with Crippen LogP contribution in [0.5, 0.6) is 0 Å². The lowest BCUT2D eigenvalue weighted by molar-refractivity contribution is -0.305. The molecule has 1 rings (SSSR count). The molecule has 0 unspecified atom stereocenters. The monoisotopic (exact) mass is 618 g/mol. The topological polar surface area (TPSA) is 152 Å². The van der Waals surface area contributed by atoms with Crippen molar-refractivity contribution in [2.75, 3.05) is 19.8 Å². The van der Waals surface area contributed by atoms with E-state index in [1.165, 1.54) is 70.6 Å². The van der Waals surface area contributed by atoms with Gasteiger partial charge in [0, 0.05) is 12.8 Å². The summed E-state index contributed by atoms with van der Waals surface area (Å²) in [5, 5.41) is 39.7. The lowest BCUT2D eigenvalue weighted by Crippen LogP contribution is -2.59. The molecule has 254 valence electrons. The van der Waals surface area contributed by atoms with Gasteiger partial charge < -0.3 is 39.4 Å². The van der Waals surface area contributed by atoms with Crippen LogP contribution in [0.4, 0.5) is 0 Å². The first-order valence-corrected chi connectivity index (χ1v) is 17.1. The van der Waals surface area contributed by atoms with E-state index in [4.69, 9.17) is 18.9 Å². The van der Waals surface area contributed by atoms with Crippen molar-refractivity contribution in [2.45, 2.75) is 179 Å². The minimum absolute atomic E-state index is 0.211. The van der Waals surface area contributed by atoms with Gasteiger partial charge in [-0.1, -0.05) is 117 Å². The summed E-state index contributed by atoms with van der Waals surface area (Å²) in [6.07, 6.45) is 12.9. The molecule has 6 atom stereocenters. The molecular weight excluding hydrogens is 556 g/mol. The van der Waals surface area contributed by atoms with Crippen molar-refractivity contribution in [3.63, 3.8) is 0 Å². The van der Waals surface area contributed by atoms with Crippen LogP contribution in [-0.2, 0) is 28.5 Å². The summed E-state index contributed by atoms with van der Waals surface area (Å²) in [5.41, 5.74) is 0. The Labute approximate surface area is 259 Å². The van der Waals surface area contributed by atoms with Crippen LogP contribution in [-0.4, -0.2) is 89.0 Å². The Hall–Kier alpha value is -1.30. The van der Waals surface area contributed by atoms with Gasteiger partial charge in [0.05, 0.1) is 13.2 Å². The number of rotatable bonds is 27. The predicted octanol–water partition coefficient (Wildman–Crippen LogP) is 5.10. The molecule has 1 heterocycles. The number of carbonyl (C=O) groups is 2. The first-order chi connectivity index (χ1) is 20.8. The molecule has 10 heteroatoms. The van der Waals surface area contributed by atoms with E-state index < -0.39 is 49.4 Å². The molecule has 1 saturated heterocycles. The summed E-state index contributed by atoms with van der Waals surface area (Å²) in [6, 6.07) is 0. The zero-order valence-corrected chi connectivity index (χ0v) is 27.0. The van der Waals surface area contributed by atoms with Gasteiger partial charge in [0.2, 0.25) is 0 Å². The van der Waals surface area contributed by atoms with Crippen LogP contribution >= 0.6 is 0 Å². The fraction of sp³-hybridized carbons (Fsp3) is 0.939. The number of aliphatic hydroxyl groups excluding tert-OH is 4. The Morgan fingerprint density at radius 1 is 0.628 bits per heavy atom. The Morgan fingerprint density at radius 3 is 1.58 bits per heavy atom. The maximum atomic E-state index is 12.5. The summed E-state index contributed by atoms with van der Waals surface area (Å²) in [5.74, 6) is -0.811. The third-order valence-electron chi connectivity index (χ3n) is 7.99. The number of esters is 2. The Balaban J connectivity index is 2.43. The number of ether oxygens (including phenoxy) is 4. The van der Waals surface area contributed by atoms with Gasteiger partial charge in [-0.3, -0.25) is 9.59 Å². The summed E-state index contributed by atoms with van der Waals surface area (Å²) >= 11 is 0. The van der Waals surface area contributed by atoms with Gasteiger partial charge in [-0.2, -0.15) is 0 Å². The van der Waals surface area contributed by atoms with Gasteiger partial charge in [0.15, 0.2) is 12.4 Å². The van der Waals surface area contributed by atoms with Gasteiger partial charge in [-0.25, -0.2) is 0 Å². The van der Waals surface area contributed by atoms with E-state index in [1.807, 2.05) is 0 Å². The average molecular weight is 619 g/mol. The molecule has 0 amide bonds. The molecule has 1 aliphatic heterocycles. The molecule has 43 heavy (non-hydrogen) atoms. The normalized spacial score (nSPS) is 22.8. The zero-order chi connectivity index (χ0) is 31.7. The molecule has 0 aromatic rings. The molecule has 0 aromatic heterocycles. The molecule has 0 aromatic carbocycles. The lowest BCUT2D eigenvalue weighted by Gasteiger charge is -2.39. The van der Waals surface area contributed by atoms with Crippen LogP contribution in [0.3, 0.4) is 0 Å². The highest BCUT2D eigenvalue weighted by atomic mass is 16.7. The molecule has 4 N–H and O–H groups in total. The van der Waals surface area contributed by atoms with E-state index in [2.05, 4.69) is 13.8 Å². The van der Waals surface area contributed by atoms with Gasteiger partial charge in [0.1, 0.15) is 31.0 Å². The van der Waals surface area contributed by atoms with Gasteiger partial charge >= 0.3 is 11.9 Å². The summed E-state index contributed by atoms with van der Waals surface area (Å²) in [7, 11) is 0. The number of hydrogen-bond acceptors (Lipinski definition) is 10. The van der Waals surface area contributed by atoms with Crippen molar-refractivity contribution in [3.05, 3.63) is 0 Å². The number of carbonyl (C=O) groups excluding carboxylic acids is 2. The zero-order valence-electron chi connectivity index (χ0n) is 27.0. The third kappa shape index (κ3) is 19.0. The number of unbranched alkanes of at least 4 members (excludes halogenated alkanes) is 16. The Bertz CT molecular complexity index is 689. The smallest absolute Gasteiger partial charge is 0.306 e. The minimum Gasteiger partial charge on any atom is -0.462 e. The molecule has 10 nitrogen and oxygen atoms in total. The quantitative estimate of drug-likeness (QED) is 0.0723. The second kappa shape index (κ2) is 26.0. The second-order valence-corrected chi connectivity index (χ2v) is 12.0. The molecule has 0 aliphatic carbocycles. The lowest BCUT2D eigenvalue weighted by atomic mass is 9.99. The maximum absolute atomic E-state index is 12.5. The van der Waals surface area contributed by atoms with Crippen LogP contribution in [0.25, 0.3) is 0 Å². The first-order valence-electron chi connectivity index (χ1n) is 17.1. The third-order valence-corrected chi connectivity index (χ3v) is 7.99. The minimum atomic E-state index is -1.59. The summed E-state index contributed by atoms with van der Waals surface area (Å²) in [4.78, 5) is 24.9. The first kappa shape index (κ1) is 39.7. The highest BCUT2D eigenvalue weighted by Crippen LogP contribution is 2.22. The van der Waals surface area contributed by atoms with Crippen LogP contribution < -0.4 is 0 Å². The van der Waals surface area contributed by atoms with Crippen molar-refractivity contribution in [1.82, 2.24) is 0 Å². The van der Waals surface area contributed by atoms with Crippen LogP contribution in [0, 0.1) is 0 Å². The standard InChI is InChI=1S/C33H62O10/c1-3-5-7-9-11-12-13-14-16-17-19-21-28(35)40-24-26(42-29(36)22-20-18-15-10-8-6-4-2)25-41-33-32(39)31(38)30(37)27(23-34)43-33/h26-27,30-34,37-39H,3-25H2,1-2H3/t26-,27-,30+,31+,32-,33-/m1/s1. The van der Waals surface area contributed by atoms with E-state index in [9.17, 15) is 30.0 Å². The average Bonchev–Trinajstić information content (AvgIpc) is 3.00. The van der Waals surface area contributed by atoms with Gasteiger partial charge in [-0.15, -0.1) is 0 Å². The highest BCUT2D eigenvalue weighted by Gasteiger charge is 2.44. The van der Waals surface area contributed by atoms with E-state index in [-0.39, 0.29) is 32.0 Å². The number of aliphatic hydroxyl groups is 4. The van der Waals surface area contributed by atoms with E-state index in [1.54, 1.807) is 0 Å². The van der Waals surface area contributed by atoms with Crippen molar-refractivity contribution in [1.29, 1.82) is 0 Å².